The van der Waals surface area contributed by atoms with E-state index >= 15 is 0 Å². The fourth-order valence-corrected chi connectivity index (χ4v) is 4.43. The molecule has 1 aliphatic heterocycles. The molecule has 0 radical (unpaired) electrons. The Labute approximate surface area is 194 Å². The normalized spacial score (nSPS) is 18.6. The monoisotopic (exact) mass is 448 g/mol. The van der Waals surface area contributed by atoms with Crippen LogP contribution in [0, 0.1) is 30.0 Å². The van der Waals surface area contributed by atoms with Crippen LogP contribution < -0.4 is 5.32 Å². The van der Waals surface area contributed by atoms with Crippen molar-refractivity contribution in [2.24, 2.45) is 5.92 Å². The number of amides is 2. The molecular formula is C26H29FN4O2. The summed E-state index contributed by atoms with van der Waals surface area (Å²) in [6.07, 6.45) is 3.00. The zero-order valence-electron chi connectivity index (χ0n) is 19.1. The summed E-state index contributed by atoms with van der Waals surface area (Å²) < 4.78 is 14.4. The average molecular weight is 449 g/mol. The van der Waals surface area contributed by atoms with Gasteiger partial charge in [0.1, 0.15) is 5.82 Å². The lowest BCUT2D eigenvalue weighted by molar-refractivity contribution is -0.136. The van der Waals surface area contributed by atoms with Gasteiger partial charge in [-0.15, -0.1) is 0 Å². The van der Waals surface area contributed by atoms with Gasteiger partial charge >= 0.3 is 0 Å². The molecule has 0 aromatic heterocycles. The van der Waals surface area contributed by atoms with Crippen LogP contribution in [0.3, 0.4) is 0 Å². The van der Waals surface area contributed by atoms with Gasteiger partial charge in [-0.05, 0) is 74.1 Å². The minimum absolute atomic E-state index is 0.116. The van der Waals surface area contributed by atoms with Crippen LogP contribution in [0.25, 0.3) is 0 Å². The zero-order valence-corrected chi connectivity index (χ0v) is 19.1. The number of benzene rings is 2. The molecule has 1 saturated heterocycles. The van der Waals surface area contributed by atoms with Gasteiger partial charge < -0.3 is 10.2 Å². The van der Waals surface area contributed by atoms with Crippen molar-refractivity contribution < 1.29 is 14.0 Å². The lowest BCUT2D eigenvalue weighted by Crippen LogP contribution is -2.53. The van der Waals surface area contributed by atoms with Crippen LogP contribution in [0.4, 0.5) is 10.1 Å². The minimum atomic E-state index is -0.414. The summed E-state index contributed by atoms with van der Waals surface area (Å²) in [5.41, 5.74) is 2.77. The van der Waals surface area contributed by atoms with Crippen molar-refractivity contribution in [2.75, 3.05) is 25.0 Å². The Hall–Kier alpha value is -3.24. The summed E-state index contributed by atoms with van der Waals surface area (Å²) in [5, 5.41) is 11.8. The quantitative estimate of drug-likeness (QED) is 0.722. The smallest absolute Gasteiger partial charge is 0.255 e. The van der Waals surface area contributed by atoms with Crippen LogP contribution in [0.1, 0.15) is 53.2 Å². The molecule has 1 N–H and O–H groups in total. The van der Waals surface area contributed by atoms with E-state index in [1.54, 1.807) is 18.2 Å². The molecule has 1 aliphatic carbocycles. The molecular weight excluding hydrogens is 419 g/mol. The molecule has 7 heteroatoms. The maximum atomic E-state index is 14.4. The first kappa shape index (κ1) is 22.9. The number of nitriles is 1. The molecule has 0 bridgehead atoms. The first-order valence-corrected chi connectivity index (χ1v) is 11.5. The molecule has 0 unspecified atom stereocenters. The van der Waals surface area contributed by atoms with Gasteiger partial charge in [0.2, 0.25) is 5.91 Å². The van der Waals surface area contributed by atoms with Gasteiger partial charge in [0.25, 0.3) is 5.91 Å². The van der Waals surface area contributed by atoms with E-state index in [1.807, 2.05) is 17.9 Å². The van der Waals surface area contributed by atoms with E-state index in [2.05, 4.69) is 17.1 Å². The molecule has 2 aromatic carbocycles. The van der Waals surface area contributed by atoms with Gasteiger partial charge in [0.15, 0.2) is 0 Å². The molecule has 2 aliphatic rings. The average Bonchev–Trinajstić information content (AvgIpc) is 3.61. The van der Waals surface area contributed by atoms with Crippen molar-refractivity contribution in [3.8, 4) is 6.07 Å². The SMILES string of the molecule is Cc1c(CN2CCN(C(=O)CC3CC3)[C@@H](C)C2)cc(F)cc1NC(=O)c1cccc(C#N)c1. The van der Waals surface area contributed by atoms with Gasteiger partial charge in [-0.25, -0.2) is 4.39 Å². The summed E-state index contributed by atoms with van der Waals surface area (Å²) in [6, 6.07) is 11.4. The maximum absolute atomic E-state index is 14.4. The summed E-state index contributed by atoms with van der Waals surface area (Å²) in [6.45, 7) is 6.63. The van der Waals surface area contributed by atoms with Crippen LogP contribution in [0.2, 0.25) is 0 Å². The summed E-state index contributed by atoms with van der Waals surface area (Å²) >= 11 is 0. The number of rotatable bonds is 6. The van der Waals surface area contributed by atoms with E-state index in [-0.39, 0.29) is 17.9 Å². The van der Waals surface area contributed by atoms with E-state index in [4.69, 9.17) is 5.26 Å². The van der Waals surface area contributed by atoms with Gasteiger partial charge in [-0.2, -0.15) is 5.26 Å². The predicted octanol–water partition coefficient (Wildman–Crippen LogP) is 4.09. The number of anilines is 1. The Morgan fingerprint density at radius 1 is 1.21 bits per heavy atom. The molecule has 1 saturated carbocycles. The molecule has 172 valence electrons. The van der Waals surface area contributed by atoms with E-state index in [1.165, 1.54) is 31.0 Å². The standard InChI is InChI=1S/C26H29FN4O2/c1-17-15-30(8-9-31(17)25(32)11-19-6-7-19)16-22-12-23(27)13-24(18(22)2)29-26(33)21-5-3-4-20(10-21)14-28/h3-5,10,12-13,17,19H,6-9,11,15-16H2,1-2H3,(H,29,33)/t17-/m0/s1. The highest BCUT2D eigenvalue weighted by atomic mass is 19.1. The molecule has 2 aromatic rings. The Kier molecular flexibility index (Phi) is 6.75. The molecule has 6 nitrogen and oxygen atoms in total. The van der Waals surface area contributed by atoms with Crippen LogP contribution in [0.5, 0.6) is 0 Å². The number of halogens is 1. The maximum Gasteiger partial charge on any atom is 0.255 e. The predicted molar refractivity (Wildman–Crippen MR) is 124 cm³/mol. The molecule has 4 rings (SSSR count). The largest absolute Gasteiger partial charge is 0.337 e. The molecule has 1 atom stereocenters. The molecule has 2 amide bonds. The molecule has 33 heavy (non-hydrogen) atoms. The van der Waals surface area contributed by atoms with Crippen molar-refractivity contribution in [3.05, 3.63) is 64.5 Å². The Morgan fingerprint density at radius 3 is 2.70 bits per heavy atom. The number of hydrogen-bond acceptors (Lipinski definition) is 4. The van der Waals surface area contributed by atoms with Crippen molar-refractivity contribution >= 4 is 17.5 Å². The minimum Gasteiger partial charge on any atom is -0.337 e. The number of piperazine rings is 1. The second-order valence-electron chi connectivity index (χ2n) is 9.20. The highest BCUT2D eigenvalue weighted by molar-refractivity contribution is 6.04. The number of nitrogens with one attached hydrogen (secondary N) is 1. The van der Waals surface area contributed by atoms with Crippen LogP contribution in [0.15, 0.2) is 36.4 Å². The van der Waals surface area contributed by atoms with Gasteiger partial charge in [0, 0.05) is 49.9 Å². The van der Waals surface area contributed by atoms with Gasteiger partial charge in [0.05, 0.1) is 11.6 Å². The van der Waals surface area contributed by atoms with E-state index < -0.39 is 5.82 Å². The lowest BCUT2D eigenvalue weighted by Gasteiger charge is -2.40. The van der Waals surface area contributed by atoms with Crippen molar-refractivity contribution in [1.82, 2.24) is 9.80 Å². The number of carbonyl (C=O) groups excluding carboxylic acids is 2. The highest BCUT2D eigenvalue weighted by Crippen LogP contribution is 2.33. The number of hydrogen-bond donors (Lipinski definition) is 1. The lowest BCUT2D eigenvalue weighted by atomic mass is 10.0. The van der Waals surface area contributed by atoms with E-state index in [0.29, 0.717) is 42.2 Å². The molecule has 0 spiro atoms. The fraction of sp³-hybridized carbons (Fsp3) is 0.423. The Bertz CT molecular complexity index is 1110. The van der Waals surface area contributed by atoms with E-state index in [9.17, 15) is 14.0 Å². The van der Waals surface area contributed by atoms with Crippen molar-refractivity contribution in [3.63, 3.8) is 0 Å². The van der Waals surface area contributed by atoms with Crippen molar-refractivity contribution in [2.45, 2.75) is 45.7 Å². The van der Waals surface area contributed by atoms with Crippen LogP contribution in [-0.2, 0) is 11.3 Å². The topological polar surface area (TPSA) is 76.4 Å². The Balaban J connectivity index is 1.43. The number of carbonyl (C=O) groups is 2. The van der Waals surface area contributed by atoms with Crippen LogP contribution in [-0.4, -0.2) is 47.3 Å². The fourth-order valence-electron chi connectivity index (χ4n) is 4.43. The van der Waals surface area contributed by atoms with E-state index in [0.717, 1.165) is 24.2 Å². The summed E-state index contributed by atoms with van der Waals surface area (Å²) in [4.78, 5) is 29.4. The summed E-state index contributed by atoms with van der Waals surface area (Å²) in [7, 11) is 0. The first-order chi connectivity index (χ1) is 15.8. The third-order valence-electron chi connectivity index (χ3n) is 6.57. The van der Waals surface area contributed by atoms with Gasteiger partial charge in [-0.1, -0.05) is 6.07 Å². The summed E-state index contributed by atoms with van der Waals surface area (Å²) in [5.74, 6) is 0.0249. The second kappa shape index (κ2) is 9.72. The second-order valence-corrected chi connectivity index (χ2v) is 9.20. The third kappa shape index (κ3) is 5.58. The highest BCUT2D eigenvalue weighted by Gasteiger charge is 2.32. The number of nitrogens with zero attached hydrogens (tertiary/aromatic N) is 3. The third-order valence-corrected chi connectivity index (χ3v) is 6.57. The van der Waals surface area contributed by atoms with Gasteiger partial charge in [-0.3, -0.25) is 14.5 Å². The first-order valence-electron chi connectivity index (χ1n) is 11.5. The molecule has 2 fully saturated rings. The van der Waals surface area contributed by atoms with Crippen molar-refractivity contribution in [1.29, 1.82) is 5.26 Å². The van der Waals surface area contributed by atoms with Crippen LogP contribution >= 0.6 is 0 Å². The molecule has 1 heterocycles. The zero-order chi connectivity index (χ0) is 23.5. The Morgan fingerprint density at radius 2 is 2.00 bits per heavy atom.